The molecule has 0 radical (unpaired) electrons. The van der Waals surface area contributed by atoms with Gasteiger partial charge in [-0.2, -0.15) is 4.31 Å². The summed E-state index contributed by atoms with van der Waals surface area (Å²) in [6.07, 6.45) is 1.67. The summed E-state index contributed by atoms with van der Waals surface area (Å²) in [6.45, 7) is 7.04. The molecule has 2 aliphatic rings. The largest absolute Gasteiger partial charge is 0.399 e. The van der Waals surface area contributed by atoms with Gasteiger partial charge in [0.15, 0.2) is 0 Å². The molecule has 2 fully saturated rings. The third-order valence-electron chi connectivity index (χ3n) is 4.77. The molecule has 1 saturated carbocycles. The average Bonchev–Trinajstić information content (AvgIpc) is 3.28. The Morgan fingerprint density at radius 2 is 2.00 bits per heavy atom. The van der Waals surface area contributed by atoms with Crippen LogP contribution in [0.15, 0.2) is 18.2 Å². The van der Waals surface area contributed by atoms with Crippen LogP contribution in [0.1, 0.15) is 30.9 Å². The number of aryl methyl sites for hydroxylation is 1. The Hall–Kier alpha value is -1.11. The standard InChI is InChI=1S/C16H25N3O2S/c1-12-9-15(17)4-3-14(12)11-18-7-8-19(10-13(18)2)22(20,21)16-5-6-16/h3-4,9,13,16H,5-8,10-11,17H2,1-2H3. The smallest absolute Gasteiger partial charge is 0.217 e. The molecule has 1 aliphatic heterocycles. The number of sulfonamides is 1. The lowest BCUT2D eigenvalue weighted by atomic mass is 10.1. The monoisotopic (exact) mass is 323 g/mol. The normalized spacial score (nSPS) is 24.5. The molecular formula is C16H25N3O2S. The van der Waals surface area contributed by atoms with Crippen molar-refractivity contribution in [2.75, 3.05) is 25.4 Å². The molecule has 122 valence electrons. The average molecular weight is 323 g/mol. The van der Waals surface area contributed by atoms with Gasteiger partial charge in [-0.15, -0.1) is 0 Å². The molecular weight excluding hydrogens is 298 g/mol. The summed E-state index contributed by atoms with van der Waals surface area (Å²) >= 11 is 0. The highest BCUT2D eigenvalue weighted by Crippen LogP contribution is 2.32. The van der Waals surface area contributed by atoms with Crippen LogP contribution in [0.3, 0.4) is 0 Å². The number of benzene rings is 1. The van der Waals surface area contributed by atoms with Gasteiger partial charge in [-0.05, 0) is 49.9 Å². The fourth-order valence-electron chi connectivity index (χ4n) is 3.12. The van der Waals surface area contributed by atoms with Crippen molar-refractivity contribution >= 4 is 15.7 Å². The zero-order valence-corrected chi connectivity index (χ0v) is 14.1. The van der Waals surface area contributed by atoms with Crippen LogP contribution >= 0.6 is 0 Å². The first kappa shape index (κ1) is 15.8. The zero-order valence-electron chi connectivity index (χ0n) is 13.3. The Kier molecular flexibility index (Phi) is 4.18. The van der Waals surface area contributed by atoms with Crippen LogP contribution in [-0.2, 0) is 16.6 Å². The fraction of sp³-hybridized carbons (Fsp3) is 0.625. The first-order valence-corrected chi connectivity index (χ1v) is 9.46. The Morgan fingerprint density at radius 1 is 1.27 bits per heavy atom. The Bertz CT molecular complexity index is 655. The van der Waals surface area contributed by atoms with Crippen molar-refractivity contribution in [1.29, 1.82) is 0 Å². The van der Waals surface area contributed by atoms with Crippen molar-refractivity contribution in [3.05, 3.63) is 29.3 Å². The predicted octanol–water partition coefficient (Wildman–Crippen LogP) is 1.58. The molecule has 1 aromatic carbocycles. The molecule has 0 aromatic heterocycles. The second-order valence-electron chi connectivity index (χ2n) is 6.61. The van der Waals surface area contributed by atoms with Crippen LogP contribution in [0, 0.1) is 6.92 Å². The summed E-state index contributed by atoms with van der Waals surface area (Å²) in [5, 5.41) is -0.106. The lowest BCUT2D eigenvalue weighted by Gasteiger charge is -2.39. The first-order chi connectivity index (χ1) is 10.4. The van der Waals surface area contributed by atoms with Gasteiger partial charge < -0.3 is 5.73 Å². The third-order valence-corrected chi connectivity index (χ3v) is 7.14. The van der Waals surface area contributed by atoms with Gasteiger partial charge in [-0.1, -0.05) is 6.07 Å². The number of anilines is 1. The maximum atomic E-state index is 12.3. The van der Waals surface area contributed by atoms with Crippen molar-refractivity contribution < 1.29 is 8.42 Å². The quantitative estimate of drug-likeness (QED) is 0.854. The molecule has 0 spiro atoms. The van der Waals surface area contributed by atoms with Gasteiger partial charge in [0.1, 0.15) is 0 Å². The van der Waals surface area contributed by atoms with Gasteiger partial charge in [0.25, 0.3) is 0 Å². The molecule has 2 N–H and O–H groups in total. The molecule has 3 rings (SSSR count). The van der Waals surface area contributed by atoms with E-state index in [2.05, 4.69) is 24.8 Å². The van der Waals surface area contributed by atoms with E-state index in [1.165, 1.54) is 11.1 Å². The first-order valence-electron chi connectivity index (χ1n) is 7.96. The second-order valence-corrected chi connectivity index (χ2v) is 8.82. The highest BCUT2D eigenvalue weighted by atomic mass is 32.2. The summed E-state index contributed by atoms with van der Waals surface area (Å²) in [5.74, 6) is 0. The Balaban J connectivity index is 1.65. The van der Waals surface area contributed by atoms with Gasteiger partial charge in [-0.25, -0.2) is 8.42 Å². The van der Waals surface area contributed by atoms with Crippen LogP contribution in [0.4, 0.5) is 5.69 Å². The van der Waals surface area contributed by atoms with Gasteiger partial charge in [-0.3, -0.25) is 4.90 Å². The highest BCUT2D eigenvalue weighted by molar-refractivity contribution is 7.90. The summed E-state index contributed by atoms with van der Waals surface area (Å²) in [7, 11) is -3.04. The van der Waals surface area contributed by atoms with Crippen LogP contribution in [0.2, 0.25) is 0 Å². The minimum Gasteiger partial charge on any atom is -0.399 e. The van der Waals surface area contributed by atoms with Gasteiger partial charge in [0.05, 0.1) is 5.25 Å². The van der Waals surface area contributed by atoms with Gasteiger partial charge in [0, 0.05) is 37.9 Å². The van der Waals surface area contributed by atoms with E-state index in [-0.39, 0.29) is 11.3 Å². The second kappa shape index (κ2) is 5.83. The molecule has 1 atom stereocenters. The third kappa shape index (κ3) is 3.14. The number of piperazine rings is 1. The van der Waals surface area contributed by atoms with E-state index in [1.54, 1.807) is 4.31 Å². The molecule has 1 heterocycles. The maximum Gasteiger partial charge on any atom is 0.217 e. The number of nitrogen functional groups attached to an aromatic ring is 1. The van der Waals surface area contributed by atoms with Crippen molar-refractivity contribution in [1.82, 2.24) is 9.21 Å². The van der Waals surface area contributed by atoms with Crippen molar-refractivity contribution in [3.63, 3.8) is 0 Å². The summed E-state index contributed by atoms with van der Waals surface area (Å²) in [5.41, 5.74) is 9.05. The summed E-state index contributed by atoms with van der Waals surface area (Å²) in [6, 6.07) is 6.23. The SMILES string of the molecule is Cc1cc(N)ccc1CN1CCN(S(=O)(=O)C2CC2)CC1C. The number of rotatable bonds is 4. The van der Waals surface area contributed by atoms with Crippen LogP contribution in [0.25, 0.3) is 0 Å². The minimum atomic E-state index is -3.04. The zero-order chi connectivity index (χ0) is 15.9. The van der Waals surface area contributed by atoms with Crippen LogP contribution in [0.5, 0.6) is 0 Å². The van der Waals surface area contributed by atoms with E-state index in [9.17, 15) is 8.42 Å². The fourth-order valence-corrected chi connectivity index (χ4v) is 5.03. The molecule has 0 amide bonds. The van der Waals surface area contributed by atoms with E-state index in [1.807, 2.05) is 12.1 Å². The lowest BCUT2D eigenvalue weighted by Crippen LogP contribution is -2.53. The van der Waals surface area contributed by atoms with E-state index in [0.29, 0.717) is 13.1 Å². The van der Waals surface area contributed by atoms with E-state index in [0.717, 1.165) is 31.6 Å². The summed E-state index contributed by atoms with van der Waals surface area (Å²) in [4.78, 5) is 2.36. The van der Waals surface area contributed by atoms with Crippen molar-refractivity contribution in [2.24, 2.45) is 0 Å². The number of nitrogens with two attached hydrogens (primary N) is 1. The molecule has 0 bridgehead atoms. The molecule has 6 heteroatoms. The van der Waals surface area contributed by atoms with E-state index in [4.69, 9.17) is 5.73 Å². The minimum absolute atomic E-state index is 0.106. The maximum absolute atomic E-state index is 12.3. The van der Waals surface area contributed by atoms with E-state index < -0.39 is 10.0 Å². The number of nitrogens with zero attached hydrogens (tertiary/aromatic N) is 2. The molecule has 1 aromatic rings. The molecule has 22 heavy (non-hydrogen) atoms. The van der Waals surface area contributed by atoms with Gasteiger partial charge in [0.2, 0.25) is 10.0 Å². The molecule has 1 unspecified atom stereocenters. The van der Waals surface area contributed by atoms with Gasteiger partial charge >= 0.3 is 0 Å². The van der Waals surface area contributed by atoms with Crippen molar-refractivity contribution in [2.45, 2.75) is 44.5 Å². The van der Waals surface area contributed by atoms with Crippen LogP contribution in [-0.4, -0.2) is 48.5 Å². The Morgan fingerprint density at radius 3 is 2.59 bits per heavy atom. The predicted molar refractivity (Wildman–Crippen MR) is 89.0 cm³/mol. The highest BCUT2D eigenvalue weighted by Gasteiger charge is 2.42. The van der Waals surface area contributed by atoms with Crippen molar-refractivity contribution in [3.8, 4) is 0 Å². The number of hydrogen-bond acceptors (Lipinski definition) is 4. The topological polar surface area (TPSA) is 66.6 Å². The molecule has 5 nitrogen and oxygen atoms in total. The Labute approximate surface area is 133 Å². The van der Waals surface area contributed by atoms with Crippen LogP contribution < -0.4 is 5.73 Å². The molecule has 1 aliphatic carbocycles. The molecule has 1 saturated heterocycles. The number of hydrogen-bond donors (Lipinski definition) is 1. The summed E-state index contributed by atoms with van der Waals surface area (Å²) < 4.78 is 26.4. The lowest BCUT2D eigenvalue weighted by molar-refractivity contribution is 0.121. The van der Waals surface area contributed by atoms with E-state index >= 15 is 0 Å².